The number of carbonyl (C=O) groups excluding carboxylic acids is 1. The van der Waals surface area contributed by atoms with Gasteiger partial charge in [-0.3, -0.25) is 9.78 Å². The summed E-state index contributed by atoms with van der Waals surface area (Å²) in [7, 11) is 0. The second kappa shape index (κ2) is 8.74. The van der Waals surface area contributed by atoms with Crippen molar-refractivity contribution in [3.05, 3.63) is 65.4 Å². The molecular formula is C25H28N2O3. The third-order valence-electron chi connectivity index (χ3n) is 5.65. The van der Waals surface area contributed by atoms with Crippen molar-refractivity contribution in [1.29, 1.82) is 0 Å². The first-order valence-electron chi connectivity index (χ1n) is 10.6. The lowest BCUT2D eigenvalue weighted by Gasteiger charge is -2.31. The second-order valence-electron chi connectivity index (χ2n) is 7.83. The summed E-state index contributed by atoms with van der Waals surface area (Å²) in [5.41, 5.74) is 4.04. The lowest BCUT2D eigenvalue weighted by molar-refractivity contribution is -0.132. The Labute approximate surface area is 177 Å². The molecular weight excluding hydrogens is 376 g/mol. The van der Waals surface area contributed by atoms with Crippen LogP contribution in [0.2, 0.25) is 0 Å². The minimum Gasteiger partial charge on any atom is -0.486 e. The van der Waals surface area contributed by atoms with Crippen LogP contribution >= 0.6 is 0 Å². The highest BCUT2D eigenvalue weighted by Gasteiger charge is 2.26. The molecule has 0 spiro atoms. The van der Waals surface area contributed by atoms with Crippen molar-refractivity contribution in [3.8, 4) is 11.5 Å². The third kappa shape index (κ3) is 4.11. The molecule has 156 valence electrons. The molecule has 0 saturated carbocycles. The van der Waals surface area contributed by atoms with Crippen molar-refractivity contribution in [3.63, 3.8) is 0 Å². The van der Waals surface area contributed by atoms with Gasteiger partial charge in [0.25, 0.3) is 0 Å². The summed E-state index contributed by atoms with van der Waals surface area (Å²) >= 11 is 0. The van der Waals surface area contributed by atoms with E-state index in [1.165, 1.54) is 0 Å². The lowest BCUT2D eigenvalue weighted by atomic mass is 9.99. The highest BCUT2D eigenvalue weighted by Crippen LogP contribution is 2.31. The van der Waals surface area contributed by atoms with E-state index < -0.39 is 0 Å². The summed E-state index contributed by atoms with van der Waals surface area (Å²) in [5.74, 6) is 1.60. The summed E-state index contributed by atoms with van der Waals surface area (Å²) in [5, 5.41) is 1.11. The van der Waals surface area contributed by atoms with Gasteiger partial charge in [-0.05, 0) is 49.6 Å². The Bertz CT molecular complexity index is 1060. The van der Waals surface area contributed by atoms with Crippen LogP contribution in [0.3, 0.4) is 0 Å². The fourth-order valence-corrected chi connectivity index (χ4v) is 4.08. The zero-order chi connectivity index (χ0) is 21.1. The molecule has 1 aliphatic heterocycles. The molecule has 2 heterocycles. The summed E-state index contributed by atoms with van der Waals surface area (Å²) in [6.07, 6.45) is 1.07. The minimum atomic E-state index is -0.174. The maximum Gasteiger partial charge on any atom is 0.227 e. The number of hydrogen-bond donors (Lipinski definition) is 0. The van der Waals surface area contributed by atoms with Crippen LogP contribution < -0.4 is 9.47 Å². The van der Waals surface area contributed by atoms with Gasteiger partial charge in [0.1, 0.15) is 6.61 Å². The molecule has 3 aromatic rings. The van der Waals surface area contributed by atoms with E-state index in [0.29, 0.717) is 26.1 Å². The van der Waals surface area contributed by atoms with E-state index >= 15 is 0 Å². The molecule has 2 aromatic carbocycles. The number of amides is 1. The Morgan fingerprint density at radius 3 is 2.63 bits per heavy atom. The number of ether oxygens (including phenoxy) is 2. The Kier molecular flexibility index (Phi) is 5.88. The Balaban J connectivity index is 1.51. The van der Waals surface area contributed by atoms with Gasteiger partial charge in [0.15, 0.2) is 17.6 Å². The van der Waals surface area contributed by atoms with Gasteiger partial charge in [0.2, 0.25) is 5.91 Å². The van der Waals surface area contributed by atoms with Gasteiger partial charge < -0.3 is 14.4 Å². The minimum absolute atomic E-state index is 0.0996. The summed E-state index contributed by atoms with van der Waals surface area (Å²) in [6.45, 7) is 7.81. The second-order valence-corrected chi connectivity index (χ2v) is 7.83. The first-order chi connectivity index (χ1) is 14.6. The van der Waals surface area contributed by atoms with Gasteiger partial charge >= 0.3 is 0 Å². The van der Waals surface area contributed by atoms with E-state index in [2.05, 4.69) is 19.9 Å². The quantitative estimate of drug-likeness (QED) is 0.608. The standard InChI is InChI=1S/C25H28N2O3/c1-4-13-27(15-19-16-29-23-11-7-8-12-24(23)30-19)25(28)14-21-17(2)20-9-5-6-10-22(20)26-18(21)3/h5-12,19H,4,13-16H2,1-3H3. The normalized spacial score (nSPS) is 15.2. The topological polar surface area (TPSA) is 51.7 Å². The molecule has 1 aromatic heterocycles. The molecule has 0 saturated heterocycles. The van der Waals surface area contributed by atoms with Crippen LogP contribution in [0.1, 0.15) is 30.2 Å². The highest BCUT2D eigenvalue weighted by atomic mass is 16.6. The molecule has 1 aliphatic rings. The zero-order valence-corrected chi connectivity index (χ0v) is 17.9. The van der Waals surface area contributed by atoms with E-state index in [9.17, 15) is 4.79 Å². The average molecular weight is 405 g/mol. The van der Waals surface area contributed by atoms with Crippen molar-refractivity contribution in [2.45, 2.75) is 39.7 Å². The lowest BCUT2D eigenvalue weighted by Crippen LogP contribution is -2.44. The maximum absolute atomic E-state index is 13.3. The van der Waals surface area contributed by atoms with Gasteiger partial charge in [-0.2, -0.15) is 0 Å². The van der Waals surface area contributed by atoms with Crippen LogP contribution in [0.4, 0.5) is 0 Å². The van der Waals surface area contributed by atoms with Crippen LogP contribution in [0.5, 0.6) is 11.5 Å². The third-order valence-corrected chi connectivity index (χ3v) is 5.65. The summed E-state index contributed by atoms with van der Waals surface area (Å²) in [4.78, 5) is 19.9. The van der Waals surface area contributed by atoms with Gasteiger partial charge in [-0.15, -0.1) is 0 Å². The molecule has 0 aliphatic carbocycles. The number of rotatable bonds is 6. The number of hydrogen-bond acceptors (Lipinski definition) is 4. The highest BCUT2D eigenvalue weighted by molar-refractivity contribution is 5.86. The molecule has 1 atom stereocenters. The monoisotopic (exact) mass is 404 g/mol. The molecule has 5 nitrogen and oxygen atoms in total. The van der Waals surface area contributed by atoms with Crippen molar-refractivity contribution >= 4 is 16.8 Å². The smallest absolute Gasteiger partial charge is 0.227 e. The molecule has 0 radical (unpaired) electrons. The number of pyridine rings is 1. The molecule has 30 heavy (non-hydrogen) atoms. The number of fused-ring (bicyclic) bond motifs is 2. The van der Waals surface area contributed by atoms with Gasteiger partial charge in [-0.25, -0.2) is 0 Å². The predicted octanol–water partition coefficient (Wildman–Crippen LogP) is 4.47. The molecule has 0 bridgehead atoms. The van der Waals surface area contributed by atoms with Gasteiger partial charge in [0, 0.05) is 17.6 Å². The predicted molar refractivity (Wildman–Crippen MR) is 118 cm³/mol. The Hall–Kier alpha value is -3.08. The van der Waals surface area contributed by atoms with Crippen molar-refractivity contribution in [1.82, 2.24) is 9.88 Å². The first-order valence-corrected chi connectivity index (χ1v) is 10.6. The van der Waals surface area contributed by atoms with Crippen molar-refractivity contribution in [2.75, 3.05) is 19.7 Å². The van der Waals surface area contributed by atoms with E-state index in [-0.39, 0.29) is 12.0 Å². The SMILES string of the molecule is CCCN(CC1COc2ccccc2O1)C(=O)Cc1c(C)nc2ccccc2c1C. The van der Waals surface area contributed by atoms with Crippen molar-refractivity contribution < 1.29 is 14.3 Å². The van der Waals surface area contributed by atoms with Crippen LogP contribution in [-0.2, 0) is 11.2 Å². The van der Waals surface area contributed by atoms with Gasteiger partial charge in [0.05, 0.1) is 18.5 Å². The fraction of sp³-hybridized carbons (Fsp3) is 0.360. The van der Waals surface area contributed by atoms with Crippen LogP contribution in [0, 0.1) is 13.8 Å². The Morgan fingerprint density at radius 1 is 1.10 bits per heavy atom. The van der Waals surface area contributed by atoms with Crippen molar-refractivity contribution in [2.24, 2.45) is 0 Å². The van der Waals surface area contributed by atoms with Crippen LogP contribution in [0.15, 0.2) is 48.5 Å². The number of aromatic nitrogens is 1. The van der Waals surface area contributed by atoms with E-state index in [0.717, 1.165) is 45.6 Å². The molecule has 1 amide bonds. The van der Waals surface area contributed by atoms with Crippen LogP contribution in [-0.4, -0.2) is 41.6 Å². The first kappa shape index (κ1) is 20.2. The van der Waals surface area contributed by atoms with E-state index in [1.54, 1.807) is 0 Å². The maximum atomic E-state index is 13.3. The summed E-state index contributed by atoms with van der Waals surface area (Å²) < 4.78 is 11.9. The number of benzene rings is 2. The van der Waals surface area contributed by atoms with Crippen LogP contribution in [0.25, 0.3) is 10.9 Å². The Morgan fingerprint density at radius 2 is 1.83 bits per heavy atom. The molecule has 5 heteroatoms. The zero-order valence-electron chi connectivity index (χ0n) is 17.9. The molecule has 4 rings (SSSR count). The van der Waals surface area contributed by atoms with E-state index in [4.69, 9.17) is 14.5 Å². The number of carbonyl (C=O) groups is 1. The van der Waals surface area contributed by atoms with Gasteiger partial charge in [-0.1, -0.05) is 37.3 Å². The molecule has 1 unspecified atom stereocenters. The number of para-hydroxylation sites is 3. The molecule has 0 fully saturated rings. The van der Waals surface area contributed by atoms with E-state index in [1.807, 2.05) is 54.3 Å². The average Bonchev–Trinajstić information content (AvgIpc) is 2.76. The number of aryl methyl sites for hydroxylation is 2. The summed E-state index contributed by atoms with van der Waals surface area (Å²) in [6, 6.07) is 15.8. The molecule has 0 N–H and O–H groups in total. The number of nitrogens with zero attached hydrogens (tertiary/aromatic N) is 2. The largest absolute Gasteiger partial charge is 0.486 e. The fourth-order valence-electron chi connectivity index (χ4n) is 4.08.